The Morgan fingerprint density at radius 2 is 2.11 bits per heavy atom. The smallest absolute Gasteiger partial charge is 0.407 e. The van der Waals surface area contributed by atoms with E-state index in [1.807, 2.05) is 26.0 Å². The Morgan fingerprint density at radius 1 is 1.44 bits per heavy atom. The fourth-order valence-corrected chi connectivity index (χ4v) is 2.43. The van der Waals surface area contributed by atoms with E-state index in [9.17, 15) is 4.79 Å². The largest absolute Gasteiger partial charge is 0.465 e. The second kappa shape index (κ2) is 5.30. The molecule has 0 spiro atoms. The minimum Gasteiger partial charge on any atom is -0.465 e. The molecular weight excluding hydrogens is 232 g/mol. The van der Waals surface area contributed by atoms with E-state index in [1.165, 1.54) is 4.90 Å². The van der Waals surface area contributed by atoms with Gasteiger partial charge in [-0.2, -0.15) is 10.2 Å². The van der Waals surface area contributed by atoms with Gasteiger partial charge in [-0.05, 0) is 26.0 Å². The maximum absolute atomic E-state index is 11.0. The molecule has 1 aliphatic heterocycles. The van der Waals surface area contributed by atoms with Crippen molar-refractivity contribution >= 4 is 6.09 Å². The maximum Gasteiger partial charge on any atom is 0.407 e. The number of nitrogens with zero attached hydrogens (tertiary/aromatic N) is 4. The molecule has 2 rings (SSSR count). The summed E-state index contributed by atoms with van der Waals surface area (Å²) in [5.41, 5.74) is 0.917. The van der Waals surface area contributed by atoms with E-state index >= 15 is 0 Å². The zero-order valence-corrected chi connectivity index (χ0v) is 10.7. The first-order valence-electron chi connectivity index (χ1n) is 6.08. The summed E-state index contributed by atoms with van der Waals surface area (Å²) in [6.07, 6.45) is 0.812. The molecule has 6 heteroatoms. The molecule has 0 radical (unpaired) electrons. The quantitative estimate of drug-likeness (QED) is 0.849. The first-order chi connectivity index (χ1) is 8.58. The topological polar surface area (TPSA) is 69.6 Å². The van der Waals surface area contributed by atoms with Crippen LogP contribution < -0.4 is 0 Å². The van der Waals surface area contributed by atoms with Gasteiger partial charge in [0.1, 0.15) is 0 Å². The lowest BCUT2D eigenvalue weighted by Crippen LogP contribution is -2.57. The molecule has 98 valence electrons. The van der Waals surface area contributed by atoms with Gasteiger partial charge in [-0.3, -0.25) is 4.90 Å². The summed E-state index contributed by atoms with van der Waals surface area (Å²) in [5.74, 6) is 0. The monoisotopic (exact) mass is 250 g/mol. The van der Waals surface area contributed by atoms with Crippen LogP contribution >= 0.6 is 0 Å². The highest BCUT2D eigenvalue weighted by Gasteiger charge is 2.31. The SMILES string of the molecule is CC1CN(C(=O)O)C[C@H](C)N1Cc1cccnn1. The van der Waals surface area contributed by atoms with Crippen molar-refractivity contribution in [3.8, 4) is 0 Å². The predicted octanol–water partition coefficient (Wildman–Crippen LogP) is 1.05. The molecule has 0 aromatic carbocycles. The molecule has 1 saturated heterocycles. The molecule has 1 aliphatic rings. The average molecular weight is 250 g/mol. The molecule has 18 heavy (non-hydrogen) atoms. The van der Waals surface area contributed by atoms with Crippen molar-refractivity contribution in [3.63, 3.8) is 0 Å². The molecule has 1 N–H and O–H groups in total. The summed E-state index contributed by atoms with van der Waals surface area (Å²) in [5, 5.41) is 17.0. The van der Waals surface area contributed by atoms with Gasteiger partial charge in [-0.25, -0.2) is 4.79 Å². The minimum absolute atomic E-state index is 0.187. The lowest BCUT2D eigenvalue weighted by atomic mass is 10.1. The number of amides is 1. The summed E-state index contributed by atoms with van der Waals surface area (Å²) in [6.45, 7) is 5.88. The van der Waals surface area contributed by atoms with Gasteiger partial charge < -0.3 is 10.0 Å². The van der Waals surface area contributed by atoms with Crippen LogP contribution in [-0.2, 0) is 6.54 Å². The van der Waals surface area contributed by atoms with Crippen LogP contribution in [0.4, 0.5) is 4.79 Å². The number of hydrogen-bond donors (Lipinski definition) is 1. The summed E-state index contributed by atoms with van der Waals surface area (Å²) >= 11 is 0. The number of hydrogen-bond acceptors (Lipinski definition) is 4. The number of aromatic nitrogens is 2. The molecule has 6 nitrogen and oxygen atoms in total. The molecule has 1 fully saturated rings. The Hall–Kier alpha value is -1.69. The van der Waals surface area contributed by atoms with Gasteiger partial charge in [0.05, 0.1) is 5.69 Å². The molecule has 1 amide bonds. The van der Waals surface area contributed by atoms with Crippen molar-refractivity contribution < 1.29 is 9.90 Å². The Balaban J connectivity index is 2.04. The minimum atomic E-state index is -0.840. The van der Waals surface area contributed by atoms with Crippen LogP contribution in [0.2, 0.25) is 0 Å². The van der Waals surface area contributed by atoms with Crippen LogP contribution in [0.15, 0.2) is 18.3 Å². The van der Waals surface area contributed by atoms with Crippen molar-refractivity contribution in [2.45, 2.75) is 32.5 Å². The molecule has 0 aliphatic carbocycles. The van der Waals surface area contributed by atoms with Crippen molar-refractivity contribution in [1.82, 2.24) is 20.0 Å². The van der Waals surface area contributed by atoms with E-state index in [1.54, 1.807) is 6.20 Å². The fourth-order valence-electron chi connectivity index (χ4n) is 2.43. The molecule has 1 aromatic heterocycles. The zero-order chi connectivity index (χ0) is 13.1. The Kier molecular flexibility index (Phi) is 3.76. The third-order valence-electron chi connectivity index (χ3n) is 3.34. The normalized spacial score (nSPS) is 25.1. The number of carbonyl (C=O) groups is 1. The molecule has 1 unspecified atom stereocenters. The molecule has 2 atom stereocenters. The molecule has 0 saturated carbocycles. The summed E-state index contributed by atoms with van der Waals surface area (Å²) in [7, 11) is 0. The van der Waals surface area contributed by atoms with Gasteiger partial charge in [-0.15, -0.1) is 0 Å². The molecule has 0 bridgehead atoms. The second-order valence-corrected chi connectivity index (χ2v) is 4.77. The van der Waals surface area contributed by atoms with Crippen molar-refractivity contribution in [2.24, 2.45) is 0 Å². The number of rotatable bonds is 2. The van der Waals surface area contributed by atoms with Crippen LogP contribution in [0.1, 0.15) is 19.5 Å². The van der Waals surface area contributed by atoms with E-state index < -0.39 is 6.09 Å². The van der Waals surface area contributed by atoms with Gasteiger partial charge in [0.25, 0.3) is 0 Å². The van der Waals surface area contributed by atoms with E-state index in [0.29, 0.717) is 19.6 Å². The lowest BCUT2D eigenvalue weighted by molar-refractivity contribution is 0.0341. The third-order valence-corrected chi connectivity index (χ3v) is 3.34. The highest BCUT2D eigenvalue weighted by molar-refractivity contribution is 5.65. The van der Waals surface area contributed by atoms with Crippen LogP contribution in [0, 0.1) is 0 Å². The van der Waals surface area contributed by atoms with Crippen molar-refractivity contribution in [2.75, 3.05) is 13.1 Å². The van der Waals surface area contributed by atoms with Gasteiger partial charge >= 0.3 is 6.09 Å². The summed E-state index contributed by atoms with van der Waals surface area (Å²) in [6, 6.07) is 4.18. The molecular formula is C12H18N4O2. The van der Waals surface area contributed by atoms with Crippen LogP contribution in [0.5, 0.6) is 0 Å². The highest BCUT2D eigenvalue weighted by atomic mass is 16.4. The average Bonchev–Trinajstić information content (AvgIpc) is 2.34. The Morgan fingerprint density at radius 3 is 2.61 bits per heavy atom. The number of carboxylic acid groups (broad SMARTS) is 1. The van der Waals surface area contributed by atoms with E-state index in [0.717, 1.165) is 5.69 Å². The standard InChI is InChI=1S/C12H18N4O2/c1-9-6-15(12(17)18)7-10(2)16(9)8-11-4-3-5-13-14-11/h3-5,9-10H,6-8H2,1-2H3,(H,17,18)/t9-,10?/m0/s1. The van der Waals surface area contributed by atoms with E-state index in [2.05, 4.69) is 15.1 Å². The van der Waals surface area contributed by atoms with Crippen LogP contribution in [-0.4, -0.2) is 56.4 Å². The zero-order valence-electron chi connectivity index (χ0n) is 10.7. The fraction of sp³-hybridized carbons (Fsp3) is 0.583. The van der Waals surface area contributed by atoms with Gasteiger partial charge in [0, 0.05) is 37.9 Å². The van der Waals surface area contributed by atoms with Crippen LogP contribution in [0.25, 0.3) is 0 Å². The lowest BCUT2D eigenvalue weighted by Gasteiger charge is -2.43. The van der Waals surface area contributed by atoms with E-state index in [4.69, 9.17) is 5.11 Å². The molecule has 1 aromatic rings. The first kappa shape index (κ1) is 12.8. The summed E-state index contributed by atoms with van der Waals surface area (Å²) < 4.78 is 0. The third kappa shape index (κ3) is 2.76. The van der Waals surface area contributed by atoms with Crippen LogP contribution in [0.3, 0.4) is 0 Å². The summed E-state index contributed by atoms with van der Waals surface area (Å²) in [4.78, 5) is 14.7. The van der Waals surface area contributed by atoms with Crippen molar-refractivity contribution in [3.05, 3.63) is 24.0 Å². The molecule has 2 heterocycles. The second-order valence-electron chi connectivity index (χ2n) is 4.77. The predicted molar refractivity (Wildman–Crippen MR) is 66.1 cm³/mol. The maximum atomic E-state index is 11.0. The number of piperazine rings is 1. The van der Waals surface area contributed by atoms with E-state index in [-0.39, 0.29) is 12.1 Å². The van der Waals surface area contributed by atoms with Gasteiger partial charge in [-0.1, -0.05) is 0 Å². The Labute approximate surface area is 106 Å². The first-order valence-corrected chi connectivity index (χ1v) is 6.08. The van der Waals surface area contributed by atoms with Gasteiger partial charge in [0.2, 0.25) is 0 Å². The highest BCUT2D eigenvalue weighted by Crippen LogP contribution is 2.18. The van der Waals surface area contributed by atoms with Gasteiger partial charge in [0.15, 0.2) is 0 Å². The Bertz CT molecular complexity index is 400. The van der Waals surface area contributed by atoms with Crippen molar-refractivity contribution in [1.29, 1.82) is 0 Å².